The van der Waals surface area contributed by atoms with E-state index < -0.39 is 0 Å². The van der Waals surface area contributed by atoms with Crippen molar-refractivity contribution in [2.24, 2.45) is 0 Å². The summed E-state index contributed by atoms with van der Waals surface area (Å²) in [4.78, 5) is 23.3. The molecule has 0 spiro atoms. The quantitative estimate of drug-likeness (QED) is 0.774. The summed E-state index contributed by atoms with van der Waals surface area (Å²) < 4.78 is 0. The average molecular weight is 289 g/mol. The Morgan fingerprint density at radius 3 is 2.43 bits per heavy atom. The molecule has 0 unspecified atom stereocenters. The molecule has 5 heteroatoms. The van der Waals surface area contributed by atoms with E-state index in [1.165, 1.54) is 18.4 Å². The third-order valence-corrected chi connectivity index (χ3v) is 3.70. The first-order valence-corrected chi connectivity index (χ1v) is 7.50. The van der Waals surface area contributed by atoms with E-state index in [2.05, 4.69) is 16.0 Å². The fraction of sp³-hybridized carbons (Fsp3) is 0.500. The van der Waals surface area contributed by atoms with Crippen molar-refractivity contribution >= 4 is 11.9 Å². The molecule has 0 bridgehead atoms. The van der Waals surface area contributed by atoms with Crippen LogP contribution in [0.3, 0.4) is 0 Å². The Balaban J connectivity index is 1.62. The van der Waals surface area contributed by atoms with Crippen LogP contribution in [-0.4, -0.2) is 24.5 Å². The van der Waals surface area contributed by atoms with Gasteiger partial charge in [-0.05, 0) is 25.3 Å². The van der Waals surface area contributed by atoms with Crippen molar-refractivity contribution in [1.29, 1.82) is 0 Å². The number of nitrogens with one attached hydrogen (secondary N) is 3. The Hall–Kier alpha value is -2.04. The second-order valence-electron chi connectivity index (χ2n) is 5.57. The Morgan fingerprint density at radius 1 is 1.10 bits per heavy atom. The molecule has 3 N–H and O–H groups in total. The molecule has 5 nitrogen and oxygen atoms in total. The molecule has 2 rings (SSSR count). The van der Waals surface area contributed by atoms with Crippen LogP contribution in [0.5, 0.6) is 0 Å². The summed E-state index contributed by atoms with van der Waals surface area (Å²) in [5.41, 5.74) is 2.22. The van der Waals surface area contributed by atoms with Gasteiger partial charge < -0.3 is 16.0 Å². The molecule has 1 fully saturated rings. The van der Waals surface area contributed by atoms with Gasteiger partial charge in [0.2, 0.25) is 5.91 Å². The monoisotopic (exact) mass is 289 g/mol. The molecular formula is C16H23N3O2. The number of rotatable bonds is 5. The predicted molar refractivity (Wildman–Crippen MR) is 81.8 cm³/mol. The second kappa shape index (κ2) is 7.67. The number of benzene rings is 1. The number of hydrogen-bond donors (Lipinski definition) is 3. The number of aryl methyl sites for hydroxylation is 1. The van der Waals surface area contributed by atoms with Gasteiger partial charge in [-0.3, -0.25) is 4.79 Å². The van der Waals surface area contributed by atoms with Gasteiger partial charge in [-0.1, -0.05) is 42.7 Å². The zero-order valence-corrected chi connectivity index (χ0v) is 12.4. The van der Waals surface area contributed by atoms with Crippen LogP contribution in [0.2, 0.25) is 0 Å². The van der Waals surface area contributed by atoms with E-state index in [9.17, 15) is 9.59 Å². The minimum Gasteiger partial charge on any atom is -0.352 e. The Kier molecular flexibility index (Phi) is 5.60. The van der Waals surface area contributed by atoms with Gasteiger partial charge in [-0.15, -0.1) is 0 Å². The van der Waals surface area contributed by atoms with Crippen LogP contribution >= 0.6 is 0 Å². The van der Waals surface area contributed by atoms with E-state index in [1.54, 1.807) is 0 Å². The summed E-state index contributed by atoms with van der Waals surface area (Å²) in [6, 6.07) is 7.92. The van der Waals surface area contributed by atoms with Crippen molar-refractivity contribution in [1.82, 2.24) is 16.0 Å². The van der Waals surface area contributed by atoms with Gasteiger partial charge in [-0.25, -0.2) is 4.79 Å². The Labute approximate surface area is 125 Å². The van der Waals surface area contributed by atoms with E-state index in [-0.39, 0.29) is 24.5 Å². The maximum absolute atomic E-state index is 11.7. The lowest BCUT2D eigenvalue weighted by molar-refractivity contribution is -0.120. The highest BCUT2D eigenvalue weighted by molar-refractivity contribution is 5.84. The van der Waals surface area contributed by atoms with Crippen molar-refractivity contribution < 1.29 is 9.59 Å². The highest BCUT2D eigenvalue weighted by Gasteiger charge is 2.17. The normalized spacial score (nSPS) is 14.7. The van der Waals surface area contributed by atoms with Crippen LogP contribution in [0, 0.1) is 6.92 Å². The molecule has 0 heterocycles. The molecular weight excluding hydrogens is 266 g/mol. The summed E-state index contributed by atoms with van der Waals surface area (Å²) in [5, 5.41) is 8.25. The zero-order chi connectivity index (χ0) is 15.1. The first-order chi connectivity index (χ1) is 10.1. The number of carbonyl (C=O) groups is 2. The molecule has 0 saturated heterocycles. The van der Waals surface area contributed by atoms with Gasteiger partial charge in [0.25, 0.3) is 0 Å². The average Bonchev–Trinajstić information content (AvgIpc) is 2.97. The van der Waals surface area contributed by atoms with Crippen molar-refractivity contribution in [3.05, 3.63) is 35.4 Å². The molecule has 0 aliphatic heterocycles. The number of urea groups is 1. The standard InChI is InChI=1S/C16H23N3O2/c1-12-6-8-13(9-7-12)10-17-16(21)18-11-15(20)19-14-4-2-3-5-14/h6-9,14H,2-5,10-11H2,1H3,(H,19,20)(H2,17,18,21). The van der Waals surface area contributed by atoms with Crippen molar-refractivity contribution in [3.8, 4) is 0 Å². The van der Waals surface area contributed by atoms with Gasteiger partial charge in [0.15, 0.2) is 0 Å². The van der Waals surface area contributed by atoms with Crippen molar-refractivity contribution in [2.75, 3.05) is 6.54 Å². The second-order valence-corrected chi connectivity index (χ2v) is 5.57. The fourth-order valence-corrected chi connectivity index (χ4v) is 2.46. The topological polar surface area (TPSA) is 70.2 Å². The van der Waals surface area contributed by atoms with Crippen LogP contribution in [-0.2, 0) is 11.3 Å². The molecule has 1 saturated carbocycles. The predicted octanol–water partition coefficient (Wildman–Crippen LogP) is 1.85. The maximum Gasteiger partial charge on any atom is 0.315 e. The van der Waals surface area contributed by atoms with Crippen molar-refractivity contribution in [2.45, 2.75) is 45.2 Å². The van der Waals surface area contributed by atoms with E-state index in [0.29, 0.717) is 6.54 Å². The molecule has 1 aromatic rings. The molecule has 21 heavy (non-hydrogen) atoms. The molecule has 0 radical (unpaired) electrons. The van der Waals surface area contributed by atoms with E-state index in [1.807, 2.05) is 31.2 Å². The summed E-state index contributed by atoms with van der Waals surface area (Å²) in [7, 11) is 0. The largest absolute Gasteiger partial charge is 0.352 e. The van der Waals surface area contributed by atoms with Crippen LogP contribution in [0.25, 0.3) is 0 Å². The van der Waals surface area contributed by atoms with Gasteiger partial charge >= 0.3 is 6.03 Å². The fourth-order valence-electron chi connectivity index (χ4n) is 2.46. The van der Waals surface area contributed by atoms with E-state index >= 15 is 0 Å². The van der Waals surface area contributed by atoms with Crippen molar-refractivity contribution in [3.63, 3.8) is 0 Å². The summed E-state index contributed by atoms with van der Waals surface area (Å²) in [5.74, 6) is -0.118. The van der Waals surface area contributed by atoms with Gasteiger partial charge in [-0.2, -0.15) is 0 Å². The van der Waals surface area contributed by atoms with Crippen LogP contribution in [0.1, 0.15) is 36.8 Å². The van der Waals surface area contributed by atoms with Gasteiger partial charge in [0.05, 0.1) is 6.54 Å². The molecule has 3 amide bonds. The van der Waals surface area contributed by atoms with Gasteiger partial charge in [0.1, 0.15) is 0 Å². The zero-order valence-electron chi connectivity index (χ0n) is 12.4. The van der Waals surface area contributed by atoms with E-state index in [4.69, 9.17) is 0 Å². The summed E-state index contributed by atoms with van der Waals surface area (Å²) in [6.07, 6.45) is 4.45. The molecule has 0 aromatic heterocycles. The van der Waals surface area contributed by atoms with Gasteiger partial charge in [0, 0.05) is 12.6 Å². The number of hydrogen-bond acceptors (Lipinski definition) is 2. The third-order valence-electron chi connectivity index (χ3n) is 3.70. The molecule has 1 aliphatic rings. The molecule has 1 aliphatic carbocycles. The minimum atomic E-state index is -0.322. The molecule has 0 atom stereocenters. The first-order valence-electron chi connectivity index (χ1n) is 7.50. The summed E-state index contributed by atoms with van der Waals surface area (Å²) in [6.45, 7) is 2.50. The van der Waals surface area contributed by atoms with Crippen LogP contribution < -0.4 is 16.0 Å². The first kappa shape index (κ1) is 15.4. The number of carbonyl (C=O) groups excluding carboxylic acids is 2. The number of amides is 3. The van der Waals surface area contributed by atoms with Crippen LogP contribution in [0.4, 0.5) is 4.79 Å². The maximum atomic E-state index is 11.7. The Morgan fingerprint density at radius 2 is 1.76 bits per heavy atom. The lowest BCUT2D eigenvalue weighted by atomic mass is 10.1. The lowest BCUT2D eigenvalue weighted by Gasteiger charge is -2.12. The highest BCUT2D eigenvalue weighted by atomic mass is 16.2. The highest BCUT2D eigenvalue weighted by Crippen LogP contribution is 2.17. The smallest absolute Gasteiger partial charge is 0.315 e. The van der Waals surface area contributed by atoms with E-state index in [0.717, 1.165) is 18.4 Å². The SMILES string of the molecule is Cc1ccc(CNC(=O)NCC(=O)NC2CCCC2)cc1. The minimum absolute atomic E-state index is 0.0240. The Bertz CT molecular complexity index is 479. The summed E-state index contributed by atoms with van der Waals surface area (Å²) >= 11 is 0. The lowest BCUT2D eigenvalue weighted by Crippen LogP contribution is -2.44. The molecule has 1 aromatic carbocycles. The van der Waals surface area contributed by atoms with Crippen LogP contribution in [0.15, 0.2) is 24.3 Å². The molecule has 114 valence electrons. The third kappa shape index (κ3) is 5.45.